The van der Waals surface area contributed by atoms with Crippen LogP contribution in [-0.4, -0.2) is 27.5 Å². The number of fused-ring (bicyclic) bond motifs is 1. The molecule has 1 aliphatic heterocycles. The highest BCUT2D eigenvalue weighted by molar-refractivity contribution is 7.89. The largest absolute Gasteiger partial charge is 0.497 e. The van der Waals surface area contributed by atoms with Gasteiger partial charge in [-0.3, -0.25) is 4.79 Å². The van der Waals surface area contributed by atoms with Crippen molar-refractivity contribution in [2.75, 3.05) is 12.0 Å². The van der Waals surface area contributed by atoms with Crippen molar-refractivity contribution < 1.29 is 17.9 Å². The Hall–Kier alpha value is -3.16. The van der Waals surface area contributed by atoms with E-state index >= 15 is 0 Å². The monoisotopic (exact) mass is 436 g/mol. The van der Waals surface area contributed by atoms with Gasteiger partial charge in [-0.25, -0.2) is 13.1 Å². The molecule has 1 amide bonds. The van der Waals surface area contributed by atoms with Crippen molar-refractivity contribution in [3.8, 4) is 5.75 Å². The van der Waals surface area contributed by atoms with Gasteiger partial charge in [0.1, 0.15) is 5.75 Å². The Morgan fingerprint density at radius 2 is 1.77 bits per heavy atom. The van der Waals surface area contributed by atoms with Gasteiger partial charge in [-0.2, -0.15) is 0 Å². The van der Waals surface area contributed by atoms with Gasteiger partial charge in [-0.05, 0) is 66.9 Å². The molecule has 31 heavy (non-hydrogen) atoms. The van der Waals surface area contributed by atoms with Gasteiger partial charge in [-0.1, -0.05) is 30.3 Å². The maximum Gasteiger partial charge on any atom is 0.258 e. The Bertz CT molecular complexity index is 1190. The first-order valence-corrected chi connectivity index (χ1v) is 11.5. The summed E-state index contributed by atoms with van der Waals surface area (Å²) >= 11 is 0. The lowest BCUT2D eigenvalue weighted by Crippen LogP contribution is -2.35. The quantitative estimate of drug-likeness (QED) is 0.638. The van der Waals surface area contributed by atoms with E-state index in [-0.39, 0.29) is 23.4 Å². The number of nitrogens with one attached hydrogen (secondary N) is 1. The van der Waals surface area contributed by atoms with E-state index < -0.39 is 10.0 Å². The van der Waals surface area contributed by atoms with E-state index in [9.17, 15) is 13.2 Å². The summed E-state index contributed by atoms with van der Waals surface area (Å²) in [6.45, 7) is 2.15. The van der Waals surface area contributed by atoms with Crippen LogP contribution >= 0.6 is 0 Å². The molecule has 0 radical (unpaired) electrons. The number of rotatable bonds is 6. The standard InChI is InChI=1S/C24H24N2O4S/c1-17-14-20-15-22(31(28,29)25-16-18-8-10-21(30-2)11-9-18)12-13-23(20)26(17)24(27)19-6-4-3-5-7-19/h3-13,15,17,25H,14,16H2,1-2H3/t17-/m1/s1. The van der Waals surface area contributed by atoms with Crippen molar-refractivity contribution >= 4 is 21.6 Å². The summed E-state index contributed by atoms with van der Waals surface area (Å²) in [5.74, 6) is 0.633. The smallest absolute Gasteiger partial charge is 0.258 e. The Balaban J connectivity index is 1.53. The van der Waals surface area contributed by atoms with Crippen LogP contribution in [0.3, 0.4) is 0 Å². The van der Waals surface area contributed by atoms with Crippen molar-refractivity contribution in [3.05, 3.63) is 89.5 Å². The summed E-state index contributed by atoms with van der Waals surface area (Å²) in [4.78, 5) is 14.9. The fourth-order valence-electron chi connectivity index (χ4n) is 3.81. The topological polar surface area (TPSA) is 75.7 Å². The molecule has 1 N–H and O–H groups in total. The molecule has 7 heteroatoms. The van der Waals surface area contributed by atoms with Gasteiger partial charge in [-0.15, -0.1) is 0 Å². The van der Waals surface area contributed by atoms with Crippen LogP contribution in [0.15, 0.2) is 77.7 Å². The van der Waals surface area contributed by atoms with E-state index in [4.69, 9.17) is 4.74 Å². The first-order chi connectivity index (χ1) is 14.9. The molecule has 0 fully saturated rings. The zero-order valence-corrected chi connectivity index (χ0v) is 18.2. The van der Waals surface area contributed by atoms with E-state index in [1.165, 1.54) is 0 Å². The minimum absolute atomic E-state index is 0.0482. The zero-order chi connectivity index (χ0) is 22.0. The van der Waals surface area contributed by atoms with Crippen molar-refractivity contribution in [1.82, 2.24) is 4.72 Å². The number of nitrogens with zero attached hydrogens (tertiary/aromatic N) is 1. The summed E-state index contributed by atoms with van der Waals surface area (Å²) in [7, 11) is -2.10. The highest BCUT2D eigenvalue weighted by Gasteiger charge is 2.32. The van der Waals surface area contributed by atoms with Crippen LogP contribution in [-0.2, 0) is 23.0 Å². The van der Waals surface area contributed by atoms with Crippen molar-refractivity contribution in [3.63, 3.8) is 0 Å². The molecule has 1 heterocycles. The molecule has 160 valence electrons. The number of sulfonamides is 1. The number of carbonyl (C=O) groups excluding carboxylic acids is 1. The lowest BCUT2D eigenvalue weighted by molar-refractivity contribution is 0.0981. The normalized spacial score (nSPS) is 15.5. The lowest BCUT2D eigenvalue weighted by Gasteiger charge is -2.23. The van der Waals surface area contributed by atoms with Crippen LogP contribution in [0, 0.1) is 0 Å². The molecule has 3 aromatic rings. The molecule has 0 bridgehead atoms. The number of ether oxygens (including phenoxy) is 1. The summed E-state index contributed by atoms with van der Waals surface area (Å²) < 4.78 is 33.4. The average Bonchev–Trinajstić information content (AvgIpc) is 3.13. The van der Waals surface area contributed by atoms with Gasteiger partial charge >= 0.3 is 0 Å². The van der Waals surface area contributed by atoms with Gasteiger partial charge in [0.05, 0.1) is 12.0 Å². The predicted octanol–water partition coefficient (Wildman–Crippen LogP) is 3.77. The van der Waals surface area contributed by atoms with Crippen LogP contribution in [0.1, 0.15) is 28.4 Å². The number of amides is 1. The second kappa shape index (κ2) is 8.53. The van der Waals surface area contributed by atoms with Crippen LogP contribution < -0.4 is 14.4 Å². The molecule has 0 aromatic heterocycles. The third-order valence-electron chi connectivity index (χ3n) is 5.44. The number of hydrogen-bond acceptors (Lipinski definition) is 4. The molecular weight excluding hydrogens is 412 g/mol. The van der Waals surface area contributed by atoms with Crippen LogP contribution in [0.4, 0.5) is 5.69 Å². The fraction of sp³-hybridized carbons (Fsp3) is 0.208. The second-order valence-corrected chi connectivity index (χ2v) is 9.32. The van der Waals surface area contributed by atoms with Gasteiger partial charge in [0.25, 0.3) is 5.91 Å². The molecule has 0 aliphatic carbocycles. The number of benzene rings is 3. The third kappa shape index (κ3) is 4.33. The highest BCUT2D eigenvalue weighted by atomic mass is 32.2. The SMILES string of the molecule is COc1ccc(CNS(=O)(=O)c2ccc3c(c2)C[C@@H](C)N3C(=O)c2ccccc2)cc1. The van der Waals surface area contributed by atoms with Gasteiger partial charge in [0.2, 0.25) is 10.0 Å². The van der Waals surface area contributed by atoms with Crippen molar-refractivity contribution in [1.29, 1.82) is 0 Å². The van der Waals surface area contributed by atoms with Crippen molar-refractivity contribution in [2.24, 2.45) is 0 Å². The Kier molecular flexibility index (Phi) is 5.80. The van der Waals surface area contributed by atoms with Gasteiger partial charge < -0.3 is 9.64 Å². The first-order valence-electron chi connectivity index (χ1n) is 10.0. The van der Waals surface area contributed by atoms with Gasteiger partial charge in [0, 0.05) is 23.8 Å². The molecule has 0 unspecified atom stereocenters. The molecule has 6 nitrogen and oxygen atoms in total. The predicted molar refractivity (Wildman–Crippen MR) is 120 cm³/mol. The fourth-order valence-corrected chi connectivity index (χ4v) is 4.88. The maximum atomic E-state index is 13.0. The Morgan fingerprint density at radius 1 is 1.06 bits per heavy atom. The minimum atomic E-state index is -3.69. The summed E-state index contributed by atoms with van der Waals surface area (Å²) in [5.41, 5.74) is 3.05. The van der Waals surface area contributed by atoms with E-state index in [2.05, 4.69) is 4.72 Å². The summed E-state index contributed by atoms with van der Waals surface area (Å²) in [6.07, 6.45) is 0.607. The molecule has 0 spiro atoms. The zero-order valence-electron chi connectivity index (χ0n) is 17.4. The number of carbonyl (C=O) groups is 1. The second-order valence-electron chi connectivity index (χ2n) is 7.56. The maximum absolute atomic E-state index is 13.0. The molecule has 1 atom stereocenters. The number of methoxy groups -OCH3 is 1. The number of hydrogen-bond donors (Lipinski definition) is 1. The molecule has 4 rings (SSSR count). The third-order valence-corrected chi connectivity index (χ3v) is 6.84. The first kappa shape index (κ1) is 21.1. The highest BCUT2D eigenvalue weighted by Crippen LogP contribution is 2.35. The average molecular weight is 437 g/mol. The lowest BCUT2D eigenvalue weighted by atomic mass is 10.1. The molecule has 3 aromatic carbocycles. The van der Waals surface area contributed by atoms with Crippen LogP contribution in [0.25, 0.3) is 0 Å². The Morgan fingerprint density at radius 3 is 2.45 bits per heavy atom. The Labute approximate surface area is 182 Å². The van der Waals surface area contributed by atoms with Crippen molar-refractivity contribution in [2.45, 2.75) is 30.8 Å². The van der Waals surface area contributed by atoms with E-state index in [1.54, 1.807) is 54.5 Å². The van der Waals surface area contributed by atoms with Crippen LogP contribution in [0.5, 0.6) is 5.75 Å². The van der Waals surface area contributed by atoms with E-state index in [0.717, 1.165) is 16.8 Å². The van der Waals surface area contributed by atoms with E-state index in [0.29, 0.717) is 17.7 Å². The molecule has 0 saturated carbocycles. The molecule has 1 aliphatic rings. The molecule has 0 saturated heterocycles. The summed E-state index contributed by atoms with van der Waals surface area (Å²) in [6, 6.07) is 21.2. The van der Waals surface area contributed by atoms with Crippen LogP contribution in [0.2, 0.25) is 0 Å². The van der Waals surface area contributed by atoms with E-state index in [1.807, 2.05) is 37.3 Å². The minimum Gasteiger partial charge on any atom is -0.497 e. The summed E-state index contributed by atoms with van der Waals surface area (Å²) in [5, 5.41) is 0. The van der Waals surface area contributed by atoms with Gasteiger partial charge in [0.15, 0.2) is 0 Å². The number of anilines is 1. The molecular formula is C24H24N2O4S.